The van der Waals surface area contributed by atoms with Crippen LogP contribution in [0.15, 0.2) is 95.9 Å². The van der Waals surface area contributed by atoms with E-state index in [4.69, 9.17) is 9.40 Å². The van der Waals surface area contributed by atoms with Crippen LogP contribution in [0, 0.1) is 0 Å². The van der Waals surface area contributed by atoms with Gasteiger partial charge >= 0.3 is 0 Å². The highest BCUT2D eigenvalue weighted by Gasteiger charge is 2.19. The Morgan fingerprint density at radius 3 is 2.42 bits per heavy atom. The van der Waals surface area contributed by atoms with Crippen molar-refractivity contribution in [2.45, 2.75) is 0 Å². The average molecular weight is 423 g/mol. The molecule has 0 aliphatic rings. The minimum Gasteiger partial charge on any atom is -0.456 e. The van der Waals surface area contributed by atoms with Gasteiger partial charge in [-0.1, -0.05) is 42.5 Å². The van der Waals surface area contributed by atoms with Crippen LogP contribution in [0.2, 0.25) is 0 Å². The molecule has 0 radical (unpaired) electrons. The third kappa shape index (κ3) is 2.68. The molecule has 0 unspecified atom stereocenters. The van der Waals surface area contributed by atoms with Crippen LogP contribution in [0.4, 0.5) is 0 Å². The third-order valence-electron chi connectivity index (χ3n) is 6.27. The van der Waals surface area contributed by atoms with Crippen LogP contribution in [0.5, 0.6) is 0 Å². The Hall–Kier alpha value is -4.57. The maximum absolute atomic E-state index is 6.21. The number of fused-ring (bicyclic) bond motifs is 3. The second kappa shape index (κ2) is 6.97. The van der Waals surface area contributed by atoms with Crippen molar-refractivity contribution in [3.05, 3.63) is 103 Å². The van der Waals surface area contributed by atoms with E-state index in [0.717, 1.165) is 60.6 Å². The molecule has 0 bridgehead atoms. The van der Waals surface area contributed by atoms with E-state index in [9.17, 15) is 0 Å². The summed E-state index contributed by atoms with van der Waals surface area (Å²) in [5.74, 6) is 0. The Kier molecular flexibility index (Phi) is 3.81. The summed E-state index contributed by atoms with van der Waals surface area (Å²) < 4.78 is 6.21. The maximum Gasteiger partial charge on any atom is 0.136 e. The highest BCUT2D eigenvalue weighted by molar-refractivity contribution is 6.33. The van der Waals surface area contributed by atoms with Gasteiger partial charge in [0.1, 0.15) is 11.2 Å². The van der Waals surface area contributed by atoms with E-state index < -0.39 is 0 Å². The van der Waals surface area contributed by atoms with Gasteiger partial charge in [0.2, 0.25) is 0 Å². The standard InChI is InChI=1S/C29H17N3O/c1-2-14-31-23(7-1)20-13-16-30-17-19(20)10-9-18-11-12-25-28-26(18)29-22(6-4-15-32-29)21-5-3-8-24(33-25)27(21)28/h1-17H/b10-9+. The average Bonchev–Trinajstić information content (AvgIpc) is 3.27. The van der Waals surface area contributed by atoms with Gasteiger partial charge < -0.3 is 4.42 Å². The Labute approximate surface area is 189 Å². The molecule has 0 saturated heterocycles. The lowest BCUT2D eigenvalue weighted by Crippen LogP contribution is -1.89. The normalized spacial score (nSPS) is 12.1. The minimum atomic E-state index is 0.886. The lowest BCUT2D eigenvalue weighted by atomic mass is 9.94. The molecule has 0 atom stereocenters. The van der Waals surface area contributed by atoms with E-state index in [1.807, 2.05) is 61.1 Å². The second-order valence-corrected chi connectivity index (χ2v) is 8.09. The number of aromatic nitrogens is 3. The molecule has 7 rings (SSSR count). The van der Waals surface area contributed by atoms with Crippen LogP contribution >= 0.6 is 0 Å². The summed E-state index contributed by atoms with van der Waals surface area (Å²) >= 11 is 0. The second-order valence-electron chi connectivity index (χ2n) is 8.09. The zero-order valence-corrected chi connectivity index (χ0v) is 17.6. The summed E-state index contributed by atoms with van der Waals surface area (Å²) in [6, 6.07) is 22.5. The molecule has 0 N–H and O–H groups in total. The van der Waals surface area contributed by atoms with Gasteiger partial charge in [0.05, 0.1) is 11.2 Å². The molecular weight excluding hydrogens is 406 g/mol. The molecule has 0 fully saturated rings. The number of furan rings is 1. The lowest BCUT2D eigenvalue weighted by molar-refractivity contribution is 0.669. The Morgan fingerprint density at radius 1 is 0.606 bits per heavy atom. The van der Waals surface area contributed by atoms with Crippen LogP contribution in [0.25, 0.3) is 67.0 Å². The summed E-state index contributed by atoms with van der Waals surface area (Å²) in [4.78, 5) is 13.7. The number of rotatable bonds is 3. The van der Waals surface area contributed by atoms with Crippen LogP contribution in [-0.4, -0.2) is 15.0 Å². The number of pyridine rings is 3. The van der Waals surface area contributed by atoms with Crippen molar-refractivity contribution in [3.8, 4) is 11.3 Å². The maximum atomic E-state index is 6.21. The van der Waals surface area contributed by atoms with Gasteiger partial charge in [-0.25, -0.2) is 0 Å². The summed E-state index contributed by atoms with van der Waals surface area (Å²) in [5.41, 5.74) is 6.86. The molecule has 4 aromatic heterocycles. The summed E-state index contributed by atoms with van der Waals surface area (Å²) in [5, 5.41) is 5.71. The van der Waals surface area contributed by atoms with Crippen molar-refractivity contribution >= 4 is 55.8 Å². The molecule has 4 heterocycles. The molecule has 0 amide bonds. The van der Waals surface area contributed by atoms with E-state index >= 15 is 0 Å². The Morgan fingerprint density at radius 2 is 1.48 bits per heavy atom. The fourth-order valence-corrected chi connectivity index (χ4v) is 4.84. The van der Waals surface area contributed by atoms with Crippen LogP contribution in [0.3, 0.4) is 0 Å². The number of hydrogen-bond donors (Lipinski definition) is 0. The quantitative estimate of drug-likeness (QED) is 0.279. The fourth-order valence-electron chi connectivity index (χ4n) is 4.84. The molecule has 0 aliphatic heterocycles. The number of hydrogen-bond acceptors (Lipinski definition) is 4. The molecule has 4 heteroatoms. The van der Waals surface area contributed by atoms with E-state index in [2.05, 4.69) is 46.4 Å². The molecular formula is C29H17N3O. The summed E-state index contributed by atoms with van der Waals surface area (Å²) in [6.45, 7) is 0. The Bertz CT molecular complexity index is 1820. The highest BCUT2D eigenvalue weighted by atomic mass is 16.3. The zero-order chi connectivity index (χ0) is 21.8. The van der Waals surface area contributed by atoms with Gasteiger partial charge in [-0.15, -0.1) is 0 Å². The zero-order valence-electron chi connectivity index (χ0n) is 17.6. The SMILES string of the molecule is C(=C\c1ccc2oc3cccc4c5cccnc5c1c2c34)/c1cnccc1-c1ccccn1. The van der Waals surface area contributed by atoms with Crippen molar-refractivity contribution in [2.24, 2.45) is 0 Å². The van der Waals surface area contributed by atoms with Gasteiger partial charge in [-0.2, -0.15) is 0 Å². The first kappa shape index (κ1) is 18.0. The molecule has 154 valence electrons. The van der Waals surface area contributed by atoms with Crippen LogP contribution in [0.1, 0.15) is 11.1 Å². The molecule has 0 spiro atoms. The highest BCUT2D eigenvalue weighted by Crippen LogP contribution is 2.43. The van der Waals surface area contributed by atoms with Gasteiger partial charge in [0.25, 0.3) is 0 Å². The summed E-state index contributed by atoms with van der Waals surface area (Å²) in [6.07, 6.45) is 11.6. The van der Waals surface area contributed by atoms with E-state index in [1.54, 1.807) is 6.20 Å². The van der Waals surface area contributed by atoms with E-state index in [-0.39, 0.29) is 0 Å². The first-order valence-corrected chi connectivity index (χ1v) is 10.9. The smallest absolute Gasteiger partial charge is 0.136 e. The molecule has 0 aliphatic carbocycles. The lowest BCUT2D eigenvalue weighted by Gasteiger charge is -2.09. The number of nitrogens with zero attached hydrogens (tertiary/aromatic N) is 3. The molecule has 7 aromatic rings. The first-order chi connectivity index (χ1) is 16.4. The predicted molar refractivity (Wildman–Crippen MR) is 134 cm³/mol. The largest absolute Gasteiger partial charge is 0.456 e. The van der Waals surface area contributed by atoms with E-state index in [0.29, 0.717) is 0 Å². The third-order valence-corrected chi connectivity index (χ3v) is 6.27. The van der Waals surface area contributed by atoms with Crippen LogP contribution in [-0.2, 0) is 0 Å². The molecule has 0 saturated carbocycles. The van der Waals surface area contributed by atoms with Crippen LogP contribution < -0.4 is 0 Å². The van der Waals surface area contributed by atoms with E-state index in [1.165, 1.54) is 5.39 Å². The minimum absolute atomic E-state index is 0.886. The Balaban J connectivity index is 1.50. The number of benzene rings is 3. The van der Waals surface area contributed by atoms with Gasteiger partial charge in [0.15, 0.2) is 0 Å². The monoisotopic (exact) mass is 423 g/mol. The van der Waals surface area contributed by atoms with Crippen molar-refractivity contribution < 1.29 is 4.42 Å². The fraction of sp³-hybridized carbons (Fsp3) is 0. The van der Waals surface area contributed by atoms with Crippen molar-refractivity contribution in [3.63, 3.8) is 0 Å². The first-order valence-electron chi connectivity index (χ1n) is 10.9. The topological polar surface area (TPSA) is 51.8 Å². The van der Waals surface area contributed by atoms with Gasteiger partial charge in [0, 0.05) is 57.5 Å². The summed E-state index contributed by atoms with van der Waals surface area (Å²) in [7, 11) is 0. The predicted octanol–water partition coefficient (Wildman–Crippen LogP) is 7.35. The van der Waals surface area contributed by atoms with Crippen molar-refractivity contribution in [1.29, 1.82) is 0 Å². The van der Waals surface area contributed by atoms with Gasteiger partial charge in [-0.3, -0.25) is 15.0 Å². The van der Waals surface area contributed by atoms with Crippen molar-refractivity contribution in [2.75, 3.05) is 0 Å². The molecule has 3 aromatic carbocycles. The molecule has 33 heavy (non-hydrogen) atoms. The van der Waals surface area contributed by atoms with Crippen molar-refractivity contribution in [1.82, 2.24) is 15.0 Å². The molecule has 4 nitrogen and oxygen atoms in total. The van der Waals surface area contributed by atoms with Gasteiger partial charge in [-0.05, 0) is 47.3 Å².